The number of anilines is 1. The lowest BCUT2D eigenvalue weighted by Gasteiger charge is -2.12. The lowest BCUT2D eigenvalue weighted by Crippen LogP contribution is -2.21. The van der Waals surface area contributed by atoms with Gasteiger partial charge in [-0.25, -0.2) is 24.9 Å². The van der Waals surface area contributed by atoms with Gasteiger partial charge in [-0.05, 0) is 82.4 Å². The first kappa shape index (κ1) is 32.7. The van der Waals surface area contributed by atoms with Gasteiger partial charge >= 0.3 is 0 Å². The quantitative estimate of drug-likeness (QED) is 0.205. The molecule has 0 saturated heterocycles. The second-order valence-corrected chi connectivity index (χ2v) is 12.0. The van der Waals surface area contributed by atoms with Crippen molar-refractivity contribution in [2.75, 3.05) is 19.0 Å². The van der Waals surface area contributed by atoms with E-state index in [1.54, 1.807) is 64.6 Å². The Balaban J connectivity index is 0.000000160. The molecule has 2 aromatic carbocycles. The Morgan fingerprint density at radius 3 is 1.55 bits per heavy atom. The average molecular weight is 672 g/mol. The van der Waals surface area contributed by atoms with Crippen LogP contribution < -0.4 is 16.0 Å². The lowest BCUT2D eigenvalue weighted by molar-refractivity contribution is 0.746. The van der Waals surface area contributed by atoms with E-state index in [4.69, 9.17) is 0 Å². The molecule has 0 aliphatic heterocycles. The highest BCUT2D eigenvalue weighted by Crippen LogP contribution is 2.22. The number of rotatable bonds is 7. The summed E-state index contributed by atoms with van der Waals surface area (Å²) in [6.45, 7) is 0.891. The third kappa shape index (κ3) is 7.42. The molecule has 0 atom stereocenters. The van der Waals surface area contributed by atoms with Gasteiger partial charge in [-0.15, -0.1) is 0 Å². The van der Waals surface area contributed by atoms with Crippen LogP contribution in [0.3, 0.4) is 0 Å². The van der Waals surface area contributed by atoms with Crippen molar-refractivity contribution >= 4 is 27.9 Å². The number of hydrogen-bond acceptors (Lipinski definition) is 9. The SMILES string of the molecule is CN(C)c1ccc(-c2cccc(Cn3cnc4cccnc4c3=O)c2)cn1.O=c1c2ncccc2ncn1Cc1cccc(-c2cccnc2)c1. The van der Waals surface area contributed by atoms with Crippen LogP contribution in [0.15, 0.2) is 150 Å². The zero-order valence-corrected chi connectivity index (χ0v) is 28.0. The highest BCUT2D eigenvalue weighted by molar-refractivity contribution is 5.73. The molecule has 0 amide bonds. The van der Waals surface area contributed by atoms with Crippen molar-refractivity contribution in [3.8, 4) is 22.3 Å². The van der Waals surface area contributed by atoms with Gasteiger partial charge < -0.3 is 4.90 Å². The molecule has 8 rings (SSSR count). The number of benzene rings is 2. The normalized spacial score (nSPS) is 10.9. The van der Waals surface area contributed by atoms with Gasteiger partial charge in [0.25, 0.3) is 11.1 Å². The van der Waals surface area contributed by atoms with Crippen molar-refractivity contribution in [3.63, 3.8) is 0 Å². The van der Waals surface area contributed by atoms with Crippen LogP contribution in [0.25, 0.3) is 44.3 Å². The molecule has 11 heteroatoms. The molecule has 8 aromatic rings. The van der Waals surface area contributed by atoms with E-state index in [-0.39, 0.29) is 11.1 Å². The molecule has 11 nitrogen and oxygen atoms in total. The van der Waals surface area contributed by atoms with Gasteiger partial charge in [-0.1, -0.05) is 42.5 Å². The van der Waals surface area contributed by atoms with Crippen molar-refractivity contribution in [2.45, 2.75) is 13.1 Å². The Labute approximate surface area is 293 Å². The van der Waals surface area contributed by atoms with E-state index >= 15 is 0 Å². The van der Waals surface area contributed by atoms with Gasteiger partial charge in [0.15, 0.2) is 11.0 Å². The number of aromatic nitrogens is 8. The first-order valence-electron chi connectivity index (χ1n) is 16.3. The summed E-state index contributed by atoms with van der Waals surface area (Å²) in [6, 6.07) is 31.3. The van der Waals surface area contributed by atoms with Crippen LogP contribution in [0.5, 0.6) is 0 Å². The van der Waals surface area contributed by atoms with Crippen molar-refractivity contribution in [3.05, 3.63) is 173 Å². The second-order valence-electron chi connectivity index (χ2n) is 12.0. The molecule has 0 N–H and O–H groups in total. The molecular weight excluding hydrogens is 639 g/mol. The van der Waals surface area contributed by atoms with Gasteiger partial charge in [-0.3, -0.25) is 23.7 Å². The fourth-order valence-corrected chi connectivity index (χ4v) is 5.64. The van der Waals surface area contributed by atoms with Gasteiger partial charge in [0, 0.05) is 50.6 Å². The van der Waals surface area contributed by atoms with Crippen molar-refractivity contribution in [1.29, 1.82) is 0 Å². The predicted molar refractivity (Wildman–Crippen MR) is 199 cm³/mol. The molecule has 6 heterocycles. The van der Waals surface area contributed by atoms with Crippen molar-refractivity contribution < 1.29 is 0 Å². The van der Waals surface area contributed by atoms with Crippen LogP contribution in [-0.2, 0) is 13.1 Å². The minimum Gasteiger partial charge on any atom is -0.363 e. The van der Waals surface area contributed by atoms with Crippen LogP contribution in [-0.4, -0.2) is 53.1 Å². The Morgan fingerprint density at radius 1 is 0.529 bits per heavy atom. The molecule has 0 aliphatic rings. The average Bonchev–Trinajstić information content (AvgIpc) is 3.18. The van der Waals surface area contributed by atoms with Gasteiger partial charge in [0.05, 0.1) is 36.8 Å². The molecular formula is C40H33N9O2. The van der Waals surface area contributed by atoms with Crippen LogP contribution in [0, 0.1) is 0 Å². The van der Waals surface area contributed by atoms with E-state index in [0.29, 0.717) is 35.2 Å². The Hall–Kier alpha value is -6.88. The maximum absolute atomic E-state index is 12.6. The van der Waals surface area contributed by atoms with Crippen molar-refractivity contribution in [2.24, 2.45) is 0 Å². The van der Waals surface area contributed by atoms with Crippen LogP contribution in [0.1, 0.15) is 11.1 Å². The van der Waals surface area contributed by atoms with Gasteiger partial charge in [0.1, 0.15) is 5.82 Å². The molecule has 0 bridgehead atoms. The fourth-order valence-electron chi connectivity index (χ4n) is 5.64. The topological polar surface area (TPSA) is 125 Å². The summed E-state index contributed by atoms with van der Waals surface area (Å²) >= 11 is 0. The second kappa shape index (κ2) is 14.7. The summed E-state index contributed by atoms with van der Waals surface area (Å²) in [5, 5.41) is 0. The third-order valence-electron chi connectivity index (χ3n) is 8.27. The molecule has 0 radical (unpaired) electrons. The van der Waals surface area contributed by atoms with E-state index in [9.17, 15) is 9.59 Å². The zero-order valence-electron chi connectivity index (χ0n) is 28.0. The Kier molecular flexibility index (Phi) is 9.42. The van der Waals surface area contributed by atoms with E-state index < -0.39 is 0 Å². The van der Waals surface area contributed by atoms with Crippen LogP contribution >= 0.6 is 0 Å². The molecule has 0 unspecified atom stereocenters. The summed E-state index contributed by atoms with van der Waals surface area (Å²) in [4.78, 5) is 52.7. The summed E-state index contributed by atoms with van der Waals surface area (Å²) in [6.07, 6.45) is 11.8. The number of fused-ring (bicyclic) bond motifs is 2. The van der Waals surface area contributed by atoms with Gasteiger partial charge in [0.2, 0.25) is 0 Å². The van der Waals surface area contributed by atoms with E-state index in [2.05, 4.69) is 48.1 Å². The number of pyridine rings is 4. The maximum Gasteiger partial charge on any atom is 0.280 e. The predicted octanol–water partition coefficient (Wildman–Crippen LogP) is 5.87. The molecule has 0 aliphatic carbocycles. The van der Waals surface area contributed by atoms with E-state index in [1.807, 2.05) is 86.0 Å². The number of nitrogens with zero attached hydrogens (tertiary/aromatic N) is 9. The summed E-state index contributed by atoms with van der Waals surface area (Å²) in [7, 11) is 3.93. The largest absolute Gasteiger partial charge is 0.363 e. The van der Waals surface area contributed by atoms with E-state index in [0.717, 1.165) is 39.2 Å². The standard InChI is InChI=1S/C21H19N5O.C19H14N4O/c1-25(2)19-9-8-17(12-23-19)16-6-3-5-15(11-16)13-26-14-24-18-7-4-10-22-20(18)21(26)27;24-19-18-17(7-3-9-21-18)22-13-23(19)12-14-4-1-5-15(10-14)16-6-2-8-20-11-16/h3-12,14H,13H2,1-2H3;1-11,13H,12H2. The summed E-state index contributed by atoms with van der Waals surface area (Å²) in [5.41, 5.74) is 7.99. The van der Waals surface area contributed by atoms with Crippen molar-refractivity contribution in [1.82, 2.24) is 39.0 Å². The minimum absolute atomic E-state index is 0.132. The molecule has 0 spiro atoms. The highest BCUT2D eigenvalue weighted by Gasteiger charge is 2.08. The monoisotopic (exact) mass is 671 g/mol. The van der Waals surface area contributed by atoms with Crippen LogP contribution in [0.2, 0.25) is 0 Å². The summed E-state index contributed by atoms with van der Waals surface area (Å²) < 4.78 is 3.17. The fraction of sp³-hybridized carbons (Fsp3) is 0.100. The molecule has 0 saturated carbocycles. The molecule has 6 aromatic heterocycles. The smallest absolute Gasteiger partial charge is 0.280 e. The van der Waals surface area contributed by atoms with Crippen LogP contribution in [0.4, 0.5) is 5.82 Å². The minimum atomic E-state index is -0.136. The third-order valence-corrected chi connectivity index (χ3v) is 8.27. The first-order valence-corrected chi connectivity index (χ1v) is 16.3. The Bertz CT molecular complexity index is 2570. The van der Waals surface area contributed by atoms with Gasteiger partial charge in [-0.2, -0.15) is 0 Å². The zero-order chi connectivity index (χ0) is 35.2. The Morgan fingerprint density at radius 2 is 1.06 bits per heavy atom. The van der Waals surface area contributed by atoms with E-state index in [1.165, 1.54) is 0 Å². The maximum atomic E-state index is 12.6. The highest BCUT2D eigenvalue weighted by atomic mass is 16.1. The molecule has 250 valence electrons. The summed E-state index contributed by atoms with van der Waals surface area (Å²) in [5.74, 6) is 0.913. The lowest BCUT2D eigenvalue weighted by atomic mass is 10.0. The number of hydrogen-bond donors (Lipinski definition) is 0. The molecule has 0 fully saturated rings. The first-order chi connectivity index (χ1) is 24.9. The molecule has 51 heavy (non-hydrogen) atoms.